The first-order valence-electron chi connectivity index (χ1n) is 11.5. The van der Waals surface area contributed by atoms with Gasteiger partial charge in [0.05, 0.1) is 10.6 Å². The number of carbonyl (C=O) groups excluding carboxylic acids is 2. The van der Waals surface area contributed by atoms with Crippen molar-refractivity contribution in [1.29, 1.82) is 0 Å². The summed E-state index contributed by atoms with van der Waals surface area (Å²) in [5, 5.41) is 3.55. The van der Waals surface area contributed by atoms with Crippen LogP contribution in [0.5, 0.6) is 0 Å². The molecule has 0 N–H and O–H groups in total. The summed E-state index contributed by atoms with van der Waals surface area (Å²) in [4.78, 5) is 29.8. The Labute approximate surface area is 202 Å². The molecule has 2 fully saturated rings. The molecule has 1 aliphatic carbocycles. The van der Waals surface area contributed by atoms with Crippen LogP contribution in [0.25, 0.3) is 11.3 Å². The summed E-state index contributed by atoms with van der Waals surface area (Å²) in [6, 6.07) is 5.51. The maximum atomic E-state index is 13.2. The minimum Gasteiger partial charge on any atom is -0.400 e. The molecule has 3 aliphatic rings. The number of morpholine rings is 1. The number of carbonyl (C=O) groups is 2. The van der Waals surface area contributed by atoms with Gasteiger partial charge in [0.25, 0.3) is 11.8 Å². The molecule has 2 aromatic rings. The van der Waals surface area contributed by atoms with Crippen LogP contribution < -0.4 is 0 Å². The number of hydrogen-bond donors (Lipinski definition) is 0. The van der Waals surface area contributed by atoms with Crippen molar-refractivity contribution < 1.29 is 18.8 Å². The molecule has 1 aromatic carbocycles. The number of fused-ring (bicyclic) bond motifs is 1. The van der Waals surface area contributed by atoms with Gasteiger partial charge in [0.2, 0.25) is 0 Å². The van der Waals surface area contributed by atoms with Gasteiger partial charge in [-0.1, -0.05) is 16.8 Å². The Hall–Kier alpha value is -2.12. The molecule has 0 bridgehead atoms. The van der Waals surface area contributed by atoms with E-state index < -0.39 is 10.8 Å². The van der Waals surface area contributed by atoms with Crippen molar-refractivity contribution in [3.8, 4) is 11.3 Å². The van der Waals surface area contributed by atoms with Crippen LogP contribution in [0.2, 0.25) is 5.02 Å². The van der Waals surface area contributed by atoms with Gasteiger partial charge in [-0.3, -0.25) is 9.59 Å². The summed E-state index contributed by atoms with van der Waals surface area (Å²) in [7, 11) is 7.90. The van der Waals surface area contributed by atoms with Gasteiger partial charge in [-0.15, -0.1) is 0 Å². The highest BCUT2D eigenvalue weighted by Crippen LogP contribution is 2.41. The van der Waals surface area contributed by atoms with Gasteiger partial charge < -0.3 is 19.1 Å². The number of benzene rings is 1. The standard InChI is InChI=1S/C21H26B4ClN3O4/c1-10(11-2-3-11)29-7-13-4-12(5-14(26)17(13)19(29)31)16-6-15(27-32-16)18(30)28-8-20(22,23)33-21(24,25)9-28/h4-6,10-11H,2-3,7-9,22-25H2,1H3. The van der Waals surface area contributed by atoms with Crippen LogP contribution in [-0.4, -0.2) is 88.1 Å². The van der Waals surface area contributed by atoms with E-state index >= 15 is 0 Å². The molecule has 1 aromatic heterocycles. The first-order chi connectivity index (χ1) is 15.4. The van der Waals surface area contributed by atoms with Crippen LogP contribution in [0.15, 0.2) is 22.7 Å². The molecule has 5 rings (SSSR count). The highest BCUT2D eigenvalue weighted by Gasteiger charge is 2.41. The van der Waals surface area contributed by atoms with E-state index in [0.717, 1.165) is 5.56 Å². The van der Waals surface area contributed by atoms with Crippen LogP contribution in [0.1, 0.15) is 46.2 Å². The number of halogens is 1. The van der Waals surface area contributed by atoms with Crippen molar-refractivity contribution in [1.82, 2.24) is 15.0 Å². The molecule has 2 aliphatic heterocycles. The summed E-state index contributed by atoms with van der Waals surface area (Å²) >= 11 is 6.54. The topological polar surface area (TPSA) is 75.9 Å². The normalized spacial score (nSPS) is 22.3. The van der Waals surface area contributed by atoms with E-state index in [2.05, 4.69) is 12.1 Å². The summed E-state index contributed by atoms with van der Waals surface area (Å²) in [6.07, 6.45) is 2.35. The first kappa shape index (κ1) is 22.7. The summed E-state index contributed by atoms with van der Waals surface area (Å²) < 4.78 is 11.6. The lowest BCUT2D eigenvalue weighted by Crippen LogP contribution is -2.64. The number of nitrogens with zero attached hydrogens (tertiary/aromatic N) is 3. The van der Waals surface area contributed by atoms with Crippen LogP contribution in [0, 0.1) is 5.92 Å². The Balaban J connectivity index is 1.39. The maximum absolute atomic E-state index is 13.2. The van der Waals surface area contributed by atoms with Gasteiger partial charge in [-0.2, -0.15) is 0 Å². The average molecular weight is 463 g/mol. The second-order valence-corrected chi connectivity index (χ2v) is 11.3. The lowest BCUT2D eigenvalue weighted by atomic mass is 9.57. The first-order valence-corrected chi connectivity index (χ1v) is 11.9. The number of rotatable bonds is 4. The minimum absolute atomic E-state index is 0.00747. The number of ether oxygens (including phenoxy) is 1. The number of hydrogen-bond acceptors (Lipinski definition) is 5. The fraction of sp³-hybridized carbons (Fsp3) is 0.476. The Morgan fingerprint density at radius 2 is 1.85 bits per heavy atom. The summed E-state index contributed by atoms with van der Waals surface area (Å²) in [5.74, 6) is 0.837. The maximum Gasteiger partial charge on any atom is 0.276 e. The predicted octanol–water partition coefficient (Wildman–Crippen LogP) is -0.938. The fourth-order valence-corrected chi connectivity index (χ4v) is 5.66. The Bertz CT molecular complexity index is 1130. The second kappa shape index (κ2) is 7.70. The smallest absolute Gasteiger partial charge is 0.276 e. The number of amides is 2. The van der Waals surface area contributed by atoms with E-state index in [4.69, 9.17) is 20.9 Å². The van der Waals surface area contributed by atoms with Crippen molar-refractivity contribution in [2.24, 2.45) is 5.92 Å². The third kappa shape index (κ3) is 4.26. The minimum atomic E-state index is -0.451. The van der Waals surface area contributed by atoms with E-state index in [9.17, 15) is 9.59 Å². The zero-order valence-corrected chi connectivity index (χ0v) is 20.5. The largest absolute Gasteiger partial charge is 0.400 e. The van der Waals surface area contributed by atoms with Crippen molar-refractivity contribution in [3.05, 3.63) is 40.0 Å². The molecule has 0 spiro atoms. The van der Waals surface area contributed by atoms with E-state index in [1.54, 1.807) is 17.0 Å². The van der Waals surface area contributed by atoms with Crippen molar-refractivity contribution >= 4 is 54.8 Å². The SMILES string of the molecule is BC1(B)CN(C(=O)c2cc(-c3cc(Cl)c4c(c3)CN(C(C)C3CC3)C4=O)on2)CC(B)(B)O1. The lowest BCUT2D eigenvalue weighted by molar-refractivity contribution is -0.0464. The van der Waals surface area contributed by atoms with E-state index in [1.165, 1.54) is 12.8 Å². The van der Waals surface area contributed by atoms with E-state index in [0.29, 0.717) is 47.5 Å². The molecule has 1 atom stereocenters. The molecular formula is C21H26B4ClN3O4. The molecule has 7 nitrogen and oxygen atoms in total. The lowest BCUT2D eigenvalue weighted by Gasteiger charge is -2.48. The van der Waals surface area contributed by atoms with E-state index in [1.807, 2.05) is 42.4 Å². The van der Waals surface area contributed by atoms with Gasteiger partial charge >= 0.3 is 0 Å². The van der Waals surface area contributed by atoms with Gasteiger partial charge in [-0.25, -0.2) is 0 Å². The zero-order chi connectivity index (χ0) is 23.7. The third-order valence-corrected chi connectivity index (χ3v) is 7.08. The van der Waals surface area contributed by atoms with Gasteiger partial charge in [0, 0.05) is 48.1 Å². The summed E-state index contributed by atoms with van der Waals surface area (Å²) in [6.45, 7) is 3.59. The van der Waals surface area contributed by atoms with Crippen molar-refractivity contribution in [2.75, 3.05) is 13.1 Å². The van der Waals surface area contributed by atoms with Crippen LogP contribution >= 0.6 is 11.6 Å². The molecule has 2 amide bonds. The third-order valence-electron chi connectivity index (χ3n) is 6.78. The molecule has 1 saturated carbocycles. The van der Waals surface area contributed by atoms with Crippen molar-refractivity contribution in [2.45, 2.75) is 43.2 Å². The van der Waals surface area contributed by atoms with Gasteiger partial charge in [0.15, 0.2) is 11.5 Å². The quantitative estimate of drug-likeness (QED) is 0.548. The fourth-order valence-electron chi connectivity index (χ4n) is 5.34. The Morgan fingerprint density at radius 1 is 1.18 bits per heavy atom. The molecular weight excluding hydrogens is 437 g/mol. The summed E-state index contributed by atoms with van der Waals surface area (Å²) in [5.41, 5.74) is 2.41. The molecule has 33 heavy (non-hydrogen) atoms. The highest BCUT2D eigenvalue weighted by atomic mass is 35.5. The number of aromatic nitrogens is 1. The second-order valence-electron chi connectivity index (χ2n) is 10.9. The molecule has 0 radical (unpaired) electrons. The van der Waals surface area contributed by atoms with E-state index in [-0.39, 0.29) is 23.6 Å². The monoisotopic (exact) mass is 463 g/mol. The molecule has 168 valence electrons. The van der Waals surface area contributed by atoms with Crippen LogP contribution in [0.4, 0.5) is 0 Å². The molecule has 3 heterocycles. The zero-order valence-electron chi connectivity index (χ0n) is 19.8. The van der Waals surface area contributed by atoms with Crippen molar-refractivity contribution in [3.63, 3.8) is 0 Å². The van der Waals surface area contributed by atoms with Gasteiger partial charge in [-0.05, 0) is 43.4 Å². The molecule has 1 unspecified atom stereocenters. The predicted molar refractivity (Wildman–Crippen MR) is 136 cm³/mol. The van der Waals surface area contributed by atoms with Crippen LogP contribution in [-0.2, 0) is 11.3 Å². The molecule has 1 saturated heterocycles. The average Bonchev–Trinajstić information content (AvgIpc) is 3.34. The highest BCUT2D eigenvalue weighted by molar-refractivity contribution is 6.43. The Morgan fingerprint density at radius 3 is 2.48 bits per heavy atom. The Kier molecular flexibility index (Phi) is 5.29. The van der Waals surface area contributed by atoms with Crippen LogP contribution in [0.3, 0.4) is 0 Å². The van der Waals surface area contributed by atoms with Gasteiger partial charge in [0.1, 0.15) is 31.4 Å². The molecule has 12 heteroatoms.